The number of thiazole rings is 1. The second-order valence-electron chi connectivity index (χ2n) is 7.25. The van der Waals surface area contributed by atoms with Crippen molar-refractivity contribution >= 4 is 34.7 Å². The van der Waals surface area contributed by atoms with Crippen molar-refractivity contribution < 1.29 is 19.1 Å². The number of benzene rings is 2. The maximum Gasteiger partial charge on any atom is 0.268 e. The van der Waals surface area contributed by atoms with E-state index in [1.807, 2.05) is 48.7 Å². The Labute approximate surface area is 189 Å². The van der Waals surface area contributed by atoms with Gasteiger partial charge in [-0.1, -0.05) is 37.3 Å². The van der Waals surface area contributed by atoms with E-state index in [0.717, 1.165) is 21.8 Å². The molecule has 2 N–H and O–H groups in total. The Hall–Kier alpha value is -3.72. The molecule has 1 unspecified atom stereocenters. The van der Waals surface area contributed by atoms with Crippen molar-refractivity contribution in [2.24, 2.45) is 0 Å². The molecule has 1 atom stereocenters. The largest absolute Gasteiger partial charge is 0.478 e. The van der Waals surface area contributed by atoms with E-state index in [-0.39, 0.29) is 12.5 Å². The molecular weight excluding hydrogens is 428 g/mol. The van der Waals surface area contributed by atoms with Crippen LogP contribution in [0, 0.1) is 0 Å². The lowest BCUT2D eigenvalue weighted by Gasteiger charge is -2.34. The number of ether oxygens (including phenoxy) is 1. The molecule has 1 aliphatic heterocycles. The van der Waals surface area contributed by atoms with Crippen molar-refractivity contribution in [3.8, 4) is 27.6 Å². The average molecular weight is 451 g/mol. The molecule has 3 aromatic rings. The number of fused-ring (bicyclic) bond motifs is 1. The standard InChI is InChI=1S/C23H22N4O4S/c1-3-19-23(30)27(12-21(29)26-25-14(2)28)18-11-16(9-10-20(18)31-19)17-13-32-22(24-17)15-7-5-4-6-8-15/h4-11,13,19H,3,12H2,1-2H3,(H,25,28)(H,26,29). The fraction of sp³-hybridized carbons (Fsp3) is 0.217. The van der Waals surface area contributed by atoms with Gasteiger partial charge in [-0.05, 0) is 24.6 Å². The lowest BCUT2D eigenvalue weighted by molar-refractivity contribution is -0.130. The van der Waals surface area contributed by atoms with Crippen LogP contribution in [0.5, 0.6) is 5.75 Å². The number of amides is 3. The summed E-state index contributed by atoms with van der Waals surface area (Å²) in [4.78, 5) is 42.5. The predicted molar refractivity (Wildman–Crippen MR) is 122 cm³/mol. The van der Waals surface area contributed by atoms with E-state index in [2.05, 4.69) is 10.9 Å². The highest BCUT2D eigenvalue weighted by atomic mass is 32.1. The van der Waals surface area contributed by atoms with E-state index >= 15 is 0 Å². The molecule has 0 saturated carbocycles. The number of carbonyl (C=O) groups excluding carboxylic acids is 3. The molecule has 1 aromatic heterocycles. The number of rotatable bonds is 5. The summed E-state index contributed by atoms with van der Waals surface area (Å²) in [5.41, 5.74) is 7.63. The van der Waals surface area contributed by atoms with Gasteiger partial charge in [0, 0.05) is 23.4 Å². The molecule has 9 heteroatoms. The van der Waals surface area contributed by atoms with E-state index in [1.54, 1.807) is 12.1 Å². The zero-order chi connectivity index (χ0) is 22.7. The van der Waals surface area contributed by atoms with Crippen LogP contribution in [0.25, 0.3) is 21.8 Å². The number of aromatic nitrogens is 1. The van der Waals surface area contributed by atoms with Crippen LogP contribution in [0.2, 0.25) is 0 Å². The number of anilines is 1. The lowest BCUT2D eigenvalue weighted by Crippen LogP contribution is -2.52. The molecule has 0 radical (unpaired) electrons. The number of nitrogens with zero attached hydrogens (tertiary/aromatic N) is 2. The molecular formula is C23H22N4O4S. The van der Waals surface area contributed by atoms with Crippen LogP contribution in [-0.2, 0) is 14.4 Å². The van der Waals surface area contributed by atoms with Crippen LogP contribution < -0.4 is 20.5 Å². The number of carbonyl (C=O) groups is 3. The van der Waals surface area contributed by atoms with Gasteiger partial charge in [-0.15, -0.1) is 11.3 Å². The second kappa shape index (κ2) is 9.19. The smallest absolute Gasteiger partial charge is 0.268 e. The van der Waals surface area contributed by atoms with Gasteiger partial charge >= 0.3 is 0 Å². The summed E-state index contributed by atoms with van der Waals surface area (Å²) in [5, 5.41) is 2.85. The highest BCUT2D eigenvalue weighted by Crippen LogP contribution is 2.39. The van der Waals surface area contributed by atoms with Crippen LogP contribution in [-0.4, -0.2) is 35.4 Å². The SMILES string of the molecule is CCC1Oc2ccc(-c3csc(-c4ccccc4)n3)cc2N(CC(=O)NNC(C)=O)C1=O. The van der Waals surface area contributed by atoms with Gasteiger partial charge in [-0.3, -0.25) is 30.1 Å². The quantitative estimate of drug-likeness (QED) is 0.582. The van der Waals surface area contributed by atoms with E-state index in [9.17, 15) is 14.4 Å². The molecule has 0 bridgehead atoms. The normalized spacial score (nSPS) is 15.0. The van der Waals surface area contributed by atoms with Crippen molar-refractivity contribution in [2.75, 3.05) is 11.4 Å². The summed E-state index contributed by atoms with van der Waals surface area (Å²) >= 11 is 1.53. The van der Waals surface area contributed by atoms with Gasteiger partial charge in [-0.25, -0.2) is 4.98 Å². The van der Waals surface area contributed by atoms with Crippen molar-refractivity contribution in [2.45, 2.75) is 26.4 Å². The molecule has 164 valence electrons. The number of nitrogens with one attached hydrogen (secondary N) is 2. The molecule has 8 nitrogen and oxygen atoms in total. The summed E-state index contributed by atoms with van der Waals surface area (Å²) in [5.74, 6) is -0.704. The fourth-order valence-corrected chi connectivity index (χ4v) is 4.20. The van der Waals surface area contributed by atoms with Crippen molar-refractivity contribution in [3.63, 3.8) is 0 Å². The van der Waals surface area contributed by atoms with Gasteiger partial charge in [0.05, 0.1) is 11.4 Å². The first-order valence-corrected chi connectivity index (χ1v) is 11.0. The fourth-order valence-electron chi connectivity index (χ4n) is 3.37. The minimum Gasteiger partial charge on any atom is -0.478 e. The number of hydrogen-bond donors (Lipinski definition) is 2. The topological polar surface area (TPSA) is 101 Å². The van der Waals surface area contributed by atoms with Gasteiger partial charge < -0.3 is 4.74 Å². The molecule has 2 heterocycles. The molecule has 0 saturated heterocycles. The van der Waals surface area contributed by atoms with Crippen molar-refractivity contribution in [1.82, 2.24) is 15.8 Å². The molecule has 0 spiro atoms. The van der Waals surface area contributed by atoms with Crippen LogP contribution in [0.15, 0.2) is 53.9 Å². The Bertz CT molecular complexity index is 1160. The van der Waals surface area contributed by atoms with E-state index in [0.29, 0.717) is 17.9 Å². The molecule has 2 aromatic carbocycles. The Morgan fingerprint density at radius 1 is 1.12 bits per heavy atom. The Morgan fingerprint density at radius 3 is 2.62 bits per heavy atom. The van der Waals surface area contributed by atoms with E-state index < -0.39 is 17.9 Å². The average Bonchev–Trinajstić information content (AvgIpc) is 3.30. The number of hydrazine groups is 1. The third kappa shape index (κ3) is 4.47. The highest BCUT2D eigenvalue weighted by molar-refractivity contribution is 7.13. The molecule has 1 aliphatic rings. The number of hydrogen-bond acceptors (Lipinski definition) is 6. The molecule has 32 heavy (non-hydrogen) atoms. The third-order valence-corrected chi connectivity index (χ3v) is 5.82. The van der Waals surface area contributed by atoms with Gasteiger partial charge in [0.15, 0.2) is 6.10 Å². The minimum absolute atomic E-state index is 0.248. The minimum atomic E-state index is -0.675. The molecule has 0 aliphatic carbocycles. The zero-order valence-corrected chi connectivity index (χ0v) is 18.4. The van der Waals surface area contributed by atoms with Crippen LogP contribution >= 0.6 is 11.3 Å². The first-order chi connectivity index (χ1) is 15.5. The Balaban J connectivity index is 1.65. The Kier molecular flexibility index (Phi) is 6.18. The Morgan fingerprint density at radius 2 is 1.91 bits per heavy atom. The monoisotopic (exact) mass is 450 g/mol. The highest BCUT2D eigenvalue weighted by Gasteiger charge is 2.34. The summed E-state index contributed by atoms with van der Waals surface area (Å²) in [6.07, 6.45) is -0.207. The maximum absolute atomic E-state index is 12.9. The van der Waals surface area contributed by atoms with Gasteiger partial charge in [-0.2, -0.15) is 0 Å². The third-order valence-electron chi connectivity index (χ3n) is 4.93. The van der Waals surface area contributed by atoms with Gasteiger partial charge in [0.2, 0.25) is 5.91 Å². The summed E-state index contributed by atoms with van der Waals surface area (Å²) in [6.45, 7) is 2.88. The van der Waals surface area contributed by atoms with Crippen LogP contribution in [0.3, 0.4) is 0 Å². The lowest BCUT2D eigenvalue weighted by atomic mass is 10.1. The van der Waals surface area contributed by atoms with Gasteiger partial charge in [0.1, 0.15) is 17.3 Å². The first kappa shape index (κ1) is 21.5. The van der Waals surface area contributed by atoms with Gasteiger partial charge in [0.25, 0.3) is 11.8 Å². The zero-order valence-electron chi connectivity index (χ0n) is 17.6. The summed E-state index contributed by atoms with van der Waals surface area (Å²) in [6, 6.07) is 15.4. The predicted octanol–water partition coefficient (Wildman–Crippen LogP) is 3.15. The summed E-state index contributed by atoms with van der Waals surface area (Å²) < 4.78 is 5.86. The molecule has 4 rings (SSSR count). The van der Waals surface area contributed by atoms with Crippen molar-refractivity contribution in [1.29, 1.82) is 0 Å². The second-order valence-corrected chi connectivity index (χ2v) is 8.11. The molecule has 0 fully saturated rings. The van der Waals surface area contributed by atoms with E-state index in [4.69, 9.17) is 9.72 Å². The molecule has 3 amide bonds. The maximum atomic E-state index is 12.9. The van der Waals surface area contributed by atoms with Crippen LogP contribution in [0.1, 0.15) is 20.3 Å². The van der Waals surface area contributed by atoms with E-state index in [1.165, 1.54) is 23.2 Å². The first-order valence-electron chi connectivity index (χ1n) is 10.1. The van der Waals surface area contributed by atoms with Crippen LogP contribution in [0.4, 0.5) is 5.69 Å². The van der Waals surface area contributed by atoms with Crippen molar-refractivity contribution in [3.05, 3.63) is 53.9 Å². The summed E-state index contributed by atoms with van der Waals surface area (Å²) in [7, 11) is 0.